The van der Waals surface area contributed by atoms with Gasteiger partial charge >= 0.3 is 0 Å². The number of hydrogen-bond acceptors (Lipinski definition) is 4. The number of aromatic amines is 1. The number of nitrogens with one attached hydrogen (secondary N) is 3. The number of rotatable bonds is 6. The summed E-state index contributed by atoms with van der Waals surface area (Å²) in [5.41, 5.74) is 1.83. The molecule has 0 spiro atoms. The SMILES string of the molecule is Cc1nc(-c2ccc(NC(=O)C(NC(=O)c3ccc(F)cc3)C(C)C)cc2)cc(=O)[nH]1. The monoisotopic (exact) mass is 422 g/mol. The van der Waals surface area contributed by atoms with Crippen LogP contribution in [0.4, 0.5) is 10.1 Å². The number of aromatic nitrogens is 2. The molecule has 1 atom stereocenters. The minimum atomic E-state index is -0.783. The van der Waals surface area contributed by atoms with Crippen molar-refractivity contribution in [2.24, 2.45) is 5.92 Å². The first-order valence-electron chi connectivity index (χ1n) is 9.78. The molecule has 0 saturated carbocycles. The lowest BCUT2D eigenvalue weighted by atomic mass is 10.0. The van der Waals surface area contributed by atoms with E-state index in [-0.39, 0.29) is 22.9 Å². The fourth-order valence-electron chi connectivity index (χ4n) is 3.03. The van der Waals surface area contributed by atoms with Gasteiger partial charge in [0, 0.05) is 22.9 Å². The van der Waals surface area contributed by atoms with Gasteiger partial charge in [-0.05, 0) is 49.2 Å². The van der Waals surface area contributed by atoms with Crippen molar-refractivity contribution in [3.05, 3.63) is 82.2 Å². The van der Waals surface area contributed by atoms with Crippen LogP contribution in [0.1, 0.15) is 30.0 Å². The first-order chi connectivity index (χ1) is 14.7. The number of hydrogen-bond donors (Lipinski definition) is 3. The van der Waals surface area contributed by atoms with Gasteiger partial charge in [0.25, 0.3) is 11.5 Å². The molecule has 0 bridgehead atoms. The third-order valence-electron chi connectivity index (χ3n) is 4.65. The summed E-state index contributed by atoms with van der Waals surface area (Å²) in [6, 6.07) is 12.6. The number of halogens is 1. The highest BCUT2D eigenvalue weighted by molar-refractivity contribution is 6.01. The smallest absolute Gasteiger partial charge is 0.251 e. The van der Waals surface area contributed by atoms with Crippen LogP contribution in [-0.2, 0) is 4.79 Å². The van der Waals surface area contributed by atoms with E-state index in [0.29, 0.717) is 17.2 Å². The first-order valence-corrected chi connectivity index (χ1v) is 9.78. The largest absolute Gasteiger partial charge is 0.340 e. The van der Waals surface area contributed by atoms with Crippen LogP contribution in [0, 0.1) is 18.7 Å². The minimum Gasteiger partial charge on any atom is -0.340 e. The van der Waals surface area contributed by atoms with Gasteiger partial charge in [-0.1, -0.05) is 26.0 Å². The van der Waals surface area contributed by atoms with Crippen molar-refractivity contribution in [2.45, 2.75) is 26.8 Å². The molecule has 0 aliphatic rings. The van der Waals surface area contributed by atoms with Gasteiger partial charge in [0.15, 0.2) is 0 Å². The van der Waals surface area contributed by atoms with Crippen LogP contribution in [0.2, 0.25) is 0 Å². The molecule has 7 nitrogen and oxygen atoms in total. The van der Waals surface area contributed by atoms with Gasteiger partial charge in [0.05, 0.1) is 5.69 Å². The lowest BCUT2D eigenvalue weighted by molar-refractivity contribution is -0.118. The molecule has 0 saturated heterocycles. The maximum atomic E-state index is 13.1. The van der Waals surface area contributed by atoms with E-state index in [4.69, 9.17) is 0 Å². The summed E-state index contributed by atoms with van der Waals surface area (Å²) in [6.07, 6.45) is 0. The molecule has 2 amide bonds. The number of anilines is 1. The number of benzene rings is 2. The molecule has 3 rings (SSSR count). The first kappa shape index (κ1) is 21.9. The summed E-state index contributed by atoms with van der Waals surface area (Å²) in [4.78, 5) is 43.7. The molecule has 8 heteroatoms. The Bertz CT molecular complexity index is 1140. The van der Waals surface area contributed by atoms with E-state index >= 15 is 0 Å². The van der Waals surface area contributed by atoms with Crippen molar-refractivity contribution < 1.29 is 14.0 Å². The highest BCUT2D eigenvalue weighted by atomic mass is 19.1. The Balaban J connectivity index is 1.71. The lowest BCUT2D eigenvalue weighted by Crippen LogP contribution is -2.47. The number of carbonyl (C=O) groups excluding carboxylic acids is 2. The molecule has 2 aromatic carbocycles. The zero-order valence-electron chi connectivity index (χ0n) is 17.4. The Kier molecular flexibility index (Phi) is 6.59. The molecular weight excluding hydrogens is 399 g/mol. The predicted octanol–water partition coefficient (Wildman–Crippen LogP) is 3.28. The van der Waals surface area contributed by atoms with E-state index in [9.17, 15) is 18.8 Å². The van der Waals surface area contributed by atoms with Crippen molar-refractivity contribution in [1.29, 1.82) is 0 Å². The minimum absolute atomic E-state index is 0.174. The summed E-state index contributed by atoms with van der Waals surface area (Å²) >= 11 is 0. The Morgan fingerprint density at radius 1 is 1.03 bits per heavy atom. The topological polar surface area (TPSA) is 104 Å². The van der Waals surface area contributed by atoms with Crippen LogP contribution in [0.5, 0.6) is 0 Å². The average molecular weight is 422 g/mol. The van der Waals surface area contributed by atoms with Crippen molar-refractivity contribution in [3.63, 3.8) is 0 Å². The molecular formula is C23H23FN4O3. The van der Waals surface area contributed by atoms with Gasteiger partial charge < -0.3 is 15.6 Å². The van der Waals surface area contributed by atoms with Crippen LogP contribution < -0.4 is 16.2 Å². The zero-order chi connectivity index (χ0) is 22.5. The average Bonchev–Trinajstić information content (AvgIpc) is 2.72. The quantitative estimate of drug-likeness (QED) is 0.567. The number of amides is 2. The van der Waals surface area contributed by atoms with Crippen LogP contribution in [0.25, 0.3) is 11.3 Å². The van der Waals surface area contributed by atoms with E-state index < -0.39 is 17.8 Å². The molecule has 1 unspecified atom stereocenters. The molecule has 0 aliphatic heterocycles. The number of H-pyrrole nitrogens is 1. The maximum Gasteiger partial charge on any atom is 0.251 e. The summed E-state index contributed by atoms with van der Waals surface area (Å²) in [6.45, 7) is 5.34. The second kappa shape index (κ2) is 9.34. The van der Waals surface area contributed by atoms with Crippen LogP contribution in [0.3, 0.4) is 0 Å². The van der Waals surface area contributed by atoms with Crippen LogP contribution in [0.15, 0.2) is 59.4 Å². The van der Waals surface area contributed by atoms with Crippen molar-refractivity contribution in [3.8, 4) is 11.3 Å². The Hall–Kier alpha value is -3.81. The van der Waals surface area contributed by atoms with Crippen LogP contribution in [-0.4, -0.2) is 27.8 Å². The normalized spacial score (nSPS) is 11.8. The van der Waals surface area contributed by atoms with Gasteiger partial charge in [-0.15, -0.1) is 0 Å². The third kappa shape index (κ3) is 5.63. The number of aryl methyl sites for hydroxylation is 1. The number of carbonyl (C=O) groups is 2. The summed E-state index contributed by atoms with van der Waals surface area (Å²) in [5.74, 6) is -0.935. The van der Waals surface area contributed by atoms with E-state index in [0.717, 1.165) is 5.56 Å². The van der Waals surface area contributed by atoms with Crippen LogP contribution >= 0.6 is 0 Å². The molecule has 31 heavy (non-hydrogen) atoms. The fraction of sp³-hybridized carbons (Fsp3) is 0.217. The standard InChI is InChI=1S/C23H23FN4O3/c1-13(2)21(28-22(30)16-4-8-17(24)9-5-16)23(31)27-18-10-6-15(7-11-18)19-12-20(29)26-14(3)25-19/h4-13,21H,1-3H3,(H,27,31)(H,28,30)(H,25,26,29). The van der Waals surface area contributed by atoms with E-state index in [1.54, 1.807) is 31.2 Å². The highest BCUT2D eigenvalue weighted by Crippen LogP contribution is 2.19. The Labute approximate surface area is 178 Å². The fourth-order valence-corrected chi connectivity index (χ4v) is 3.03. The lowest BCUT2D eigenvalue weighted by Gasteiger charge is -2.22. The van der Waals surface area contributed by atoms with Gasteiger partial charge in [-0.3, -0.25) is 14.4 Å². The highest BCUT2D eigenvalue weighted by Gasteiger charge is 2.25. The van der Waals surface area contributed by atoms with Gasteiger partial charge in [-0.25, -0.2) is 9.37 Å². The predicted molar refractivity (Wildman–Crippen MR) is 116 cm³/mol. The Morgan fingerprint density at radius 3 is 2.26 bits per heavy atom. The summed E-state index contributed by atoms with van der Waals surface area (Å²) in [7, 11) is 0. The summed E-state index contributed by atoms with van der Waals surface area (Å²) in [5, 5.41) is 5.49. The van der Waals surface area contributed by atoms with Gasteiger partial charge in [0.2, 0.25) is 5.91 Å². The number of nitrogens with zero attached hydrogens (tertiary/aromatic N) is 1. The van der Waals surface area contributed by atoms with Gasteiger partial charge in [0.1, 0.15) is 17.7 Å². The molecule has 0 fully saturated rings. The van der Waals surface area contributed by atoms with Crippen molar-refractivity contribution >= 4 is 17.5 Å². The molecule has 1 aromatic heterocycles. The maximum absolute atomic E-state index is 13.1. The van der Waals surface area contributed by atoms with E-state index in [1.807, 2.05) is 13.8 Å². The molecule has 160 valence electrons. The second-order valence-electron chi connectivity index (χ2n) is 7.48. The van der Waals surface area contributed by atoms with E-state index in [2.05, 4.69) is 20.6 Å². The summed E-state index contributed by atoms with van der Waals surface area (Å²) < 4.78 is 13.1. The second-order valence-corrected chi connectivity index (χ2v) is 7.48. The molecule has 3 aromatic rings. The molecule has 0 aliphatic carbocycles. The van der Waals surface area contributed by atoms with Crippen molar-refractivity contribution in [2.75, 3.05) is 5.32 Å². The van der Waals surface area contributed by atoms with E-state index in [1.165, 1.54) is 30.3 Å². The third-order valence-corrected chi connectivity index (χ3v) is 4.65. The van der Waals surface area contributed by atoms with Crippen molar-refractivity contribution in [1.82, 2.24) is 15.3 Å². The molecule has 1 heterocycles. The Morgan fingerprint density at radius 2 is 1.68 bits per heavy atom. The molecule has 0 radical (unpaired) electrons. The zero-order valence-corrected chi connectivity index (χ0v) is 17.4. The van der Waals surface area contributed by atoms with Gasteiger partial charge in [-0.2, -0.15) is 0 Å². The molecule has 3 N–H and O–H groups in total.